The average molecular weight is 293 g/mol. The lowest BCUT2D eigenvalue weighted by Gasteiger charge is -2.13. The van der Waals surface area contributed by atoms with Crippen LogP contribution in [-0.4, -0.2) is 24.4 Å². The first-order valence-electron chi connectivity index (χ1n) is 6.09. The third-order valence-corrected chi connectivity index (χ3v) is 3.30. The van der Waals surface area contributed by atoms with Crippen LogP contribution in [0.4, 0.5) is 4.79 Å². The molecule has 0 spiro atoms. The van der Waals surface area contributed by atoms with E-state index in [1.807, 2.05) is 19.9 Å². The fourth-order valence-electron chi connectivity index (χ4n) is 1.70. The molecule has 0 aromatic heterocycles. The van der Waals surface area contributed by atoms with Crippen molar-refractivity contribution in [3.05, 3.63) is 28.7 Å². The summed E-state index contributed by atoms with van der Waals surface area (Å²) in [6, 6.07) is 5.36. The zero-order valence-corrected chi connectivity index (χ0v) is 12.2. The van der Waals surface area contributed by atoms with E-state index in [2.05, 4.69) is 5.32 Å². The van der Waals surface area contributed by atoms with Gasteiger partial charge in [-0.15, -0.1) is 0 Å². The molecule has 1 aliphatic heterocycles. The van der Waals surface area contributed by atoms with Gasteiger partial charge in [-0.3, -0.25) is 14.9 Å². The molecule has 1 aromatic rings. The van der Waals surface area contributed by atoms with E-state index in [0.717, 1.165) is 17.3 Å². The van der Waals surface area contributed by atoms with E-state index in [1.54, 1.807) is 25.3 Å². The molecule has 0 saturated carbocycles. The summed E-state index contributed by atoms with van der Waals surface area (Å²) in [7, 11) is 1.56. The summed E-state index contributed by atoms with van der Waals surface area (Å²) in [4.78, 5) is 22.9. The Kier molecular flexibility index (Phi) is 4.34. The largest absolute Gasteiger partial charge is 0.493 e. The summed E-state index contributed by atoms with van der Waals surface area (Å²) >= 11 is 0.886. The second-order valence-electron chi connectivity index (χ2n) is 4.43. The van der Waals surface area contributed by atoms with Crippen molar-refractivity contribution in [1.82, 2.24) is 5.32 Å². The van der Waals surface area contributed by atoms with Crippen LogP contribution in [0.2, 0.25) is 0 Å². The Labute approximate surface area is 121 Å². The van der Waals surface area contributed by atoms with Crippen molar-refractivity contribution in [2.24, 2.45) is 0 Å². The van der Waals surface area contributed by atoms with E-state index in [9.17, 15) is 9.59 Å². The van der Waals surface area contributed by atoms with E-state index >= 15 is 0 Å². The molecule has 0 aliphatic carbocycles. The highest BCUT2D eigenvalue weighted by Gasteiger charge is 2.25. The number of thioether (sulfide) groups is 1. The van der Waals surface area contributed by atoms with Crippen molar-refractivity contribution in [1.29, 1.82) is 0 Å². The number of ether oxygens (including phenoxy) is 2. The first-order valence-corrected chi connectivity index (χ1v) is 6.91. The standard InChI is InChI=1S/C14H15NO4S/c1-8(2)19-10-5-4-9(6-11(10)18-3)7-12-13(16)15-14(17)20-12/h4-8H,1-3H3,(H,15,16,17)/b12-7+. The molecule has 2 rings (SSSR count). The number of hydrogen-bond acceptors (Lipinski definition) is 5. The van der Waals surface area contributed by atoms with Gasteiger partial charge in [-0.25, -0.2) is 0 Å². The van der Waals surface area contributed by atoms with Crippen LogP contribution in [0.3, 0.4) is 0 Å². The molecule has 20 heavy (non-hydrogen) atoms. The Morgan fingerprint density at radius 3 is 2.55 bits per heavy atom. The molecule has 0 atom stereocenters. The van der Waals surface area contributed by atoms with Crippen molar-refractivity contribution < 1.29 is 19.1 Å². The van der Waals surface area contributed by atoms with Crippen LogP contribution in [0.1, 0.15) is 19.4 Å². The molecule has 5 nitrogen and oxygen atoms in total. The number of carbonyl (C=O) groups is 2. The lowest BCUT2D eigenvalue weighted by molar-refractivity contribution is -0.115. The van der Waals surface area contributed by atoms with Gasteiger partial charge in [-0.2, -0.15) is 0 Å². The molecule has 0 unspecified atom stereocenters. The van der Waals surface area contributed by atoms with E-state index in [4.69, 9.17) is 9.47 Å². The smallest absolute Gasteiger partial charge is 0.290 e. The normalized spacial score (nSPS) is 16.7. The van der Waals surface area contributed by atoms with E-state index in [-0.39, 0.29) is 17.3 Å². The summed E-state index contributed by atoms with van der Waals surface area (Å²) in [5, 5.41) is 1.86. The first kappa shape index (κ1) is 14.5. The predicted octanol–water partition coefficient (Wildman–Crippen LogP) is 2.81. The minimum absolute atomic E-state index is 0.0434. The van der Waals surface area contributed by atoms with Gasteiger partial charge >= 0.3 is 0 Å². The van der Waals surface area contributed by atoms with Crippen LogP contribution in [-0.2, 0) is 4.79 Å². The number of amides is 2. The predicted molar refractivity (Wildman–Crippen MR) is 77.9 cm³/mol. The van der Waals surface area contributed by atoms with Gasteiger partial charge in [0.25, 0.3) is 11.1 Å². The summed E-state index contributed by atoms with van der Waals surface area (Å²) in [5.41, 5.74) is 0.769. The lowest BCUT2D eigenvalue weighted by Crippen LogP contribution is -2.17. The maximum absolute atomic E-state index is 11.5. The summed E-state index contributed by atoms with van der Waals surface area (Å²) in [6.07, 6.45) is 1.69. The molecule has 106 valence electrons. The number of hydrogen-bond donors (Lipinski definition) is 1. The van der Waals surface area contributed by atoms with Crippen LogP contribution in [0.15, 0.2) is 23.1 Å². The maximum atomic E-state index is 11.5. The van der Waals surface area contributed by atoms with Gasteiger partial charge in [-0.05, 0) is 49.4 Å². The minimum Gasteiger partial charge on any atom is -0.493 e. The molecule has 1 aromatic carbocycles. The number of imide groups is 1. The number of benzene rings is 1. The van der Waals surface area contributed by atoms with E-state index in [1.165, 1.54) is 0 Å². The molecular weight excluding hydrogens is 278 g/mol. The highest BCUT2D eigenvalue weighted by atomic mass is 32.2. The average Bonchev–Trinajstić information content (AvgIpc) is 2.69. The highest BCUT2D eigenvalue weighted by molar-refractivity contribution is 8.18. The molecule has 6 heteroatoms. The summed E-state index contributed by atoms with van der Waals surface area (Å²) in [6.45, 7) is 3.86. The van der Waals surface area contributed by atoms with Crippen molar-refractivity contribution >= 4 is 29.0 Å². The maximum Gasteiger partial charge on any atom is 0.290 e. The fraction of sp³-hybridized carbons (Fsp3) is 0.286. The second-order valence-corrected chi connectivity index (χ2v) is 5.44. The van der Waals surface area contributed by atoms with E-state index in [0.29, 0.717) is 16.4 Å². The molecule has 0 radical (unpaired) electrons. The Balaban J connectivity index is 2.28. The molecule has 1 fully saturated rings. The van der Waals surface area contributed by atoms with Crippen LogP contribution >= 0.6 is 11.8 Å². The monoisotopic (exact) mass is 293 g/mol. The molecular formula is C14H15NO4S. The summed E-state index contributed by atoms with van der Waals surface area (Å²) < 4.78 is 10.9. The SMILES string of the molecule is COc1cc(/C=C2/SC(=O)NC2=O)ccc1OC(C)C. The Morgan fingerprint density at radius 2 is 2.00 bits per heavy atom. The van der Waals surface area contributed by atoms with Crippen molar-refractivity contribution in [3.63, 3.8) is 0 Å². The number of nitrogens with one attached hydrogen (secondary N) is 1. The fourth-order valence-corrected chi connectivity index (χ4v) is 2.38. The highest BCUT2D eigenvalue weighted by Crippen LogP contribution is 2.31. The van der Waals surface area contributed by atoms with Crippen LogP contribution in [0, 0.1) is 0 Å². The van der Waals surface area contributed by atoms with Crippen molar-refractivity contribution in [2.45, 2.75) is 20.0 Å². The zero-order chi connectivity index (χ0) is 14.7. The second kappa shape index (κ2) is 6.00. The number of methoxy groups -OCH3 is 1. The van der Waals surface area contributed by atoms with Crippen LogP contribution < -0.4 is 14.8 Å². The zero-order valence-electron chi connectivity index (χ0n) is 11.4. The van der Waals surface area contributed by atoms with Crippen molar-refractivity contribution in [2.75, 3.05) is 7.11 Å². The van der Waals surface area contributed by atoms with Crippen LogP contribution in [0.5, 0.6) is 11.5 Å². The van der Waals surface area contributed by atoms with Gasteiger partial charge in [0.1, 0.15) is 0 Å². The Bertz CT molecular complexity index is 581. The first-order chi connectivity index (χ1) is 9.49. The molecule has 1 aliphatic rings. The molecule has 0 bridgehead atoms. The number of carbonyl (C=O) groups excluding carboxylic acids is 2. The third kappa shape index (κ3) is 3.33. The number of rotatable bonds is 4. The molecule has 1 heterocycles. The van der Waals surface area contributed by atoms with Gasteiger partial charge in [0.15, 0.2) is 11.5 Å². The van der Waals surface area contributed by atoms with E-state index < -0.39 is 0 Å². The Hall–Kier alpha value is -1.95. The third-order valence-electron chi connectivity index (χ3n) is 2.49. The molecule has 1 saturated heterocycles. The Morgan fingerprint density at radius 1 is 1.25 bits per heavy atom. The van der Waals surface area contributed by atoms with Gasteiger partial charge in [0.2, 0.25) is 0 Å². The van der Waals surface area contributed by atoms with Gasteiger partial charge in [0, 0.05) is 0 Å². The molecule has 1 N–H and O–H groups in total. The van der Waals surface area contributed by atoms with Gasteiger partial charge < -0.3 is 9.47 Å². The van der Waals surface area contributed by atoms with Gasteiger partial charge in [0.05, 0.1) is 18.1 Å². The quantitative estimate of drug-likeness (QED) is 0.865. The minimum atomic E-state index is -0.374. The topological polar surface area (TPSA) is 64.6 Å². The van der Waals surface area contributed by atoms with Crippen LogP contribution in [0.25, 0.3) is 6.08 Å². The molecule has 2 amide bonds. The lowest BCUT2D eigenvalue weighted by atomic mass is 10.2. The van der Waals surface area contributed by atoms with Gasteiger partial charge in [-0.1, -0.05) is 6.07 Å². The van der Waals surface area contributed by atoms with Crippen molar-refractivity contribution in [3.8, 4) is 11.5 Å². The summed E-state index contributed by atoms with van der Waals surface area (Å²) in [5.74, 6) is 0.855.